The maximum atomic E-state index is 11.8. The summed E-state index contributed by atoms with van der Waals surface area (Å²) in [5.41, 5.74) is 10.8. The highest BCUT2D eigenvalue weighted by Crippen LogP contribution is 2.10. The first-order chi connectivity index (χ1) is 11.1. The largest absolute Gasteiger partial charge is 0.399 e. The summed E-state index contributed by atoms with van der Waals surface area (Å²) < 4.78 is 0. The van der Waals surface area contributed by atoms with Crippen molar-refractivity contribution < 1.29 is 4.79 Å². The number of anilines is 1. The van der Waals surface area contributed by atoms with E-state index in [4.69, 9.17) is 5.73 Å². The van der Waals surface area contributed by atoms with Crippen molar-refractivity contribution in [2.75, 3.05) is 5.73 Å². The van der Waals surface area contributed by atoms with Gasteiger partial charge in [0.2, 0.25) is 5.91 Å². The third-order valence-electron chi connectivity index (χ3n) is 3.91. The van der Waals surface area contributed by atoms with Crippen molar-refractivity contribution in [1.82, 2.24) is 5.43 Å². The zero-order valence-corrected chi connectivity index (χ0v) is 14.6. The van der Waals surface area contributed by atoms with Crippen molar-refractivity contribution in [3.05, 3.63) is 29.8 Å². The van der Waals surface area contributed by atoms with E-state index in [1.165, 1.54) is 38.5 Å². The Morgan fingerprint density at radius 2 is 1.74 bits per heavy atom. The van der Waals surface area contributed by atoms with Gasteiger partial charge in [-0.05, 0) is 31.0 Å². The van der Waals surface area contributed by atoms with Crippen LogP contribution in [0.4, 0.5) is 5.69 Å². The first-order valence-electron chi connectivity index (χ1n) is 8.82. The molecular formula is C19H31N3O. The molecule has 0 bridgehead atoms. The molecule has 0 fully saturated rings. The van der Waals surface area contributed by atoms with Gasteiger partial charge in [0, 0.05) is 12.1 Å². The average Bonchev–Trinajstić information content (AvgIpc) is 2.55. The van der Waals surface area contributed by atoms with Crippen molar-refractivity contribution in [1.29, 1.82) is 0 Å². The highest BCUT2D eigenvalue weighted by molar-refractivity contribution is 5.99. The smallest absolute Gasteiger partial charge is 0.240 e. The van der Waals surface area contributed by atoms with Crippen LogP contribution in [-0.4, -0.2) is 11.6 Å². The lowest BCUT2D eigenvalue weighted by molar-refractivity contribution is -0.121. The first kappa shape index (κ1) is 19.2. The Bertz CT molecular complexity index is 497. The molecule has 1 rings (SSSR count). The number of hydrogen-bond donors (Lipinski definition) is 2. The topological polar surface area (TPSA) is 67.5 Å². The van der Waals surface area contributed by atoms with Gasteiger partial charge in [-0.1, -0.05) is 64.0 Å². The number of carbonyl (C=O) groups excluding carboxylic acids is 1. The molecule has 0 aromatic heterocycles. The van der Waals surface area contributed by atoms with E-state index < -0.39 is 0 Å². The molecule has 0 aliphatic carbocycles. The van der Waals surface area contributed by atoms with Crippen molar-refractivity contribution in [3.8, 4) is 0 Å². The summed E-state index contributed by atoms with van der Waals surface area (Å²) in [6, 6.07) is 7.49. The van der Waals surface area contributed by atoms with Gasteiger partial charge in [0.1, 0.15) is 0 Å². The molecule has 4 heteroatoms. The summed E-state index contributed by atoms with van der Waals surface area (Å²) in [5.74, 6) is -0.0146. The van der Waals surface area contributed by atoms with Gasteiger partial charge in [0.05, 0.1) is 5.71 Å². The van der Waals surface area contributed by atoms with Gasteiger partial charge in [-0.15, -0.1) is 0 Å². The third-order valence-corrected chi connectivity index (χ3v) is 3.91. The van der Waals surface area contributed by atoms with Gasteiger partial charge in [-0.2, -0.15) is 5.10 Å². The maximum Gasteiger partial charge on any atom is 0.240 e. The minimum Gasteiger partial charge on any atom is -0.399 e. The van der Waals surface area contributed by atoms with Gasteiger partial charge in [0.25, 0.3) is 0 Å². The summed E-state index contributed by atoms with van der Waals surface area (Å²) in [6.07, 6.45) is 10.4. The Morgan fingerprint density at radius 3 is 2.39 bits per heavy atom. The minimum absolute atomic E-state index is 0.0146. The Morgan fingerprint density at radius 1 is 1.09 bits per heavy atom. The van der Waals surface area contributed by atoms with Crippen LogP contribution in [0.5, 0.6) is 0 Å². The Hall–Kier alpha value is -1.84. The van der Waals surface area contributed by atoms with Gasteiger partial charge < -0.3 is 5.73 Å². The van der Waals surface area contributed by atoms with Crippen molar-refractivity contribution >= 4 is 17.3 Å². The van der Waals surface area contributed by atoms with Crippen LogP contribution in [0.25, 0.3) is 0 Å². The van der Waals surface area contributed by atoms with Crippen molar-refractivity contribution in [2.45, 2.75) is 71.6 Å². The predicted octanol–water partition coefficient (Wildman–Crippen LogP) is 4.64. The van der Waals surface area contributed by atoms with E-state index in [-0.39, 0.29) is 5.91 Å². The Labute approximate surface area is 140 Å². The highest BCUT2D eigenvalue weighted by Gasteiger charge is 2.02. The second-order valence-electron chi connectivity index (χ2n) is 6.08. The summed E-state index contributed by atoms with van der Waals surface area (Å²) in [6.45, 7) is 4.10. The predicted molar refractivity (Wildman–Crippen MR) is 98.4 cm³/mol. The highest BCUT2D eigenvalue weighted by atomic mass is 16.2. The van der Waals surface area contributed by atoms with Crippen molar-refractivity contribution in [3.63, 3.8) is 0 Å². The summed E-state index contributed by atoms with van der Waals surface area (Å²) >= 11 is 0. The molecule has 128 valence electrons. The molecule has 0 radical (unpaired) electrons. The van der Waals surface area contributed by atoms with E-state index in [1.54, 1.807) is 0 Å². The minimum atomic E-state index is -0.0146. The molecule has 4 nitrogen and oxygen atoms in total. The second-order valence-corrected chi connectivity index (χ2v) is 6.08. The molecule has 0 atom stereocenters. The van der Waals surface area contributed by atoms with Gasteiger partial charge in [0.15, 0.2) is 0 Å². The molecule has 0 aliphatic rings. The third kappa shape index (κ3) is 9.01. The second kappa shape index (κ2) is 11.7. The van der Waals surface area contributed by atoms with Crippen LogP contribution in [-0.2, 0) is 4.79 Å². The molecule has 1 aromatic carbocycles. The summed E-state index contributed by atoms with van der Waals surface area (Å²) in [5, 5.41) is 4.15. The van der Waals surface area contributed by atoms with Crippen LogP contribution in [0.1, 0.15) is 77.2 Å². The lowest BCUT2D eigenvalue weighted by atomic mass is 10.1. The first-order valence-corrected chi connectivity index (χ1v) is 8.82. The molecule has 3 N–H and O–H groups in total. The molecule has 0 saturated heterocycles. The number of hydrazone groups is 1. The van der Waals surface area contributed by atoms with E-state index in [2.05, 4.69) is 17.5 Å². The summed E-state index contributed by atoms with van der Waals surface area (Å²) in [4.78, 5) is 11.8. The van der Waals surface area contributed by atoms with E-state index in [0.29, 0.717) is 12.1 Å². The molecular weight excluding hydrogens is 286 g/mol. The number of benzene rings is 1. The van der Waals surface area contributed by atoms with Crippen molar-refractivity contribution in [2.24, 2.45) is 5.10 Å². The molecule has 1 amide bonds. The molecule has 0 saturated carbocycles. The van der Waals surface area contributed by atoms with Crippen LogP contribution in [0.3, 0.4) is 0 Å². The maximum absolute atomic E-state index is 11.8. The van der Waals surface area contributed by atoms with Crippen LogP contribution < -0.4 is 11.2 Å². The fourth-order valence-corrected chi connectivity index (χ4v) is 2.45. The number of nitrogens with two attached hydrogens (primary N) is 1. The van der Waals surface area contributed by atoms with Gasteiger partial charge in [-0.25, -0.2) is 5.43 Å². The molecule has 1 aromatic rings. The van der Waals surface area contributed by atoms with Gasteiger partial charge in [-0.3, -0.25) is 4.79 Å². The molecule has 0 aliphatic heterocycles. The average molecular weight is 317 g/mol. The zero-order chi connectivity index (χ0) is 16.9. The Balaban J connectivity index is 2.15. The number of carbonyl (C=O) groups is 1. The van der Waals surface area contributed by atoms with E-state index in [9.17, 15) is 4.79 Å². The zero-order valence-electron chi connectivity index (χ0n) is 14.6. The van der Waals surface area contributed by atoms with Crippen LogP contribution >= 0.6 is 0 Å². The molecule has 0 spiro atoms. The number of nitrogens with one attached hydrogen (secondary N) is 1. The van der Waals surface area contributed by atoms with E-state index >= 15 is 0 Å². The number of nitrogens with zero attached hydrogens (tertiary/aromatic N) is 1. The van der Waals surface area contributed by atoms with Crippen LogP contribution in [0, 0.1) is 0 Å². The fraction of sp³-hybridized carbons (Fsp3) is 0.579. The Kier molecular flexibility index (Phi) is 9.76. The fourth-order valence-electron chi connectivity index (χ4n) is 2.45. The normalized spacial score (nSPS) is 11.5. The number of nitrogen functional groups attached to an aromatic ring is 1. The number of unbranched alkanes of at least 4 members (excludes halogenated alkanes) is 7. The quantitative estimate of drug-likeness (QED) is 0.270. The monoisotopic (exact) mass is 317 g/mol. The van der Waals surface area contributed by atoms with E-state index in [1.807, 2.05) is 31.2 Å². The lowest BCUT2D eigenvalue weighted by Gasteiger charge is -2.04. The van der Waals surface area contributed by atoms with E-state index in [0.717, 1.165) is 24.1 Å². The number of rotatable bonds is 11. The standard InChI is InChI=1S/C19H31N3O/c1-3-4-5-6-7-8-9-10-14-19(23)22-21-16(2)17-12-11-13-18(20)15-17/h11-13,15H,3-10,14,20H2,1-2H3,(H,22,23). The molecule has 23 heavy (non-hydrogen) atoms. The lowest BCUT2D eigenvalue weighted by Crippen LogP contribution is -2.18. The molecule has 0 heterocycles. The SMILES string of the molecule is CCCCCCCCCCC(=O)NN=C(C)c1cccc(N)c1. The van der Waals surface area contributed by atoms with Crippen LogP contribution in [0.15, 0.2) is 29.4 Å². The number of amides is 1. The van der Waals surface area contributed by atoms with Gasteiger partial charge >= 0.3 is 0 Å². The number of hydrogen-bond acceptors (Lipinski definition) is 3. The summed E-state index contributed by atoms with van der Waals surface area (Å²) in [7, 11) is 0. The van der Waals surface area contributed by atoms with Crippen LogP contribution in [0.2, 0.25) is 0 Å². The molecule has 0 unspecified atom stereocenters.